The maximum absolute atomic E-state index is 13.8. The minimum absolute atomic E-state index is 0.108. The number of rotatable bonds is 4. The predicted octanol–water partition coefficient (Wildman–Crippen LogP) is 2.93. The highest BCUT2D eigenvalue weighted by atomic mass is 16.5. The van der Waals surface area contributed by atoms with Crippen LogP contribution in [0.15, 0.2) is 60.7 Å². The Bertz CT molecular complexity index is 1120. The van der Waals surface area contributed by atoms with E-state index in [-0.39, 0.29) is 36.3 Å². The minimum atomic E-state index is -0.718. The summed E-state index contributed by atoms with van der Waals surface area (Å²) in [6, 6.07) is 15.9. The zero-order valence-electron chi connectivity index (χ0n) is 17.6. The van der Waals surface area contributed by atoms with Gasteiger partial charge in [-0.15, -0.1) is 0 Å². The van der Waals surface area contributed by atoms with E-state index < -0.39 is 17.9 Å². The van der Waals surface area contributed by atoms with Crippen LogP contribution in [-0.2, 0) is 14.3 Å². The van der Waals surface area contributed by atoms with E-state index in [0.29, 0.717) is 12.2 Å². The number of ether oxygens (including phenoxy) is 1. The fourth-order valence-corrected chi connectivity index (χ4v) is 5.82. The molecule has 6 nitrogen and oxygen atoms in total. The van der Waals surface area contributed by atoms with Gasteiger partial charge >= 0.3 is 0 Å². The van der Waals surface area contributed by atoms with E-state index in [1.54, 1.807) is 12.1 Å². The molecule has 5 atom stereocenters. The first-order chi connectivity index (χ1) is 15.6. The Hall–Kier alpha value is -3.25. The van der Waals surface area contributed by atoms with Crippen molar-refractivity contribution in [2.24, 2.45) is 11.8 Å². The first kappa shape index (κ1) is 19.4. The molecular weight excluding hydrogens is 404 g/mol. The number of carbonyl (C=O) groups is 3. The normalized spacial score (nSPS) is 30.4. The zero-order valence-corrected chi connectivity index (χ0v) is 17.6. The largest absolute Gasteiger partial charge is 0.376 e. The number of carbonyl (C=O) groups excluding carboxylic acids is 3. The molecule has 0 radical (unpaired) electrons. The second kappa shape index (κ2) is 7.41. The molecule has 2 aromatic carbocycles. The van der Waals surface area contributed by atoms with Gasteiger partial charge in [-0.3, -0.25) is 19.3 Å². The van der Waals surface area contributed by atoms with Crippen molar-refractivity contribution >= 4 is 29.4 Å². The molecule has 6 rings (SSSR count). The van der Waals surface area contributed by atoms with Gasteiger partial charge in [0.2, 0.25) is 11.8 Å². The van der Waals surface area contributed by atoms with E-state index in [1.165, 1.54) is 4.90 Å². The number of benzene rings is 2. The molecule has 0 bridgehead atoms. The smallest absolute Gasteiger partial charge is 0.235 e. The van der Waals surface area contributed by atoms with Crippen LogP contribution in [0.4, 0.5) is 5.69 Å². The topological polar surface area (TPSA) is 66.9 Å². The van der Waals surface area contributed by atoms with Gasteiger partial charge in [0.05, 0.1) is 30.5 Å². The lowest BCUT2D eigenvalue weighted by Crippen LogP contribution is -2.49. The maximum Gasteiger partial charge on any atom is 0.235 e. The van der Waals surface area contributed by atoms with Crippen LogP contribution in [0.5, 0.6) is 0 Å². The molecule has 0 spiro atoms. The molecule has 3 fully saturated rings. The molecule has 4 aliphatic rings. The summed E-state index contributed by atoms with van der Waals surface area (Å²) >= 11 is 0. The summed E-state index contributed by atoms with van der Waals surface area (Å²) in [7, 11) is 0. The molecule has 32 heavy (non-hydrogen) atoms. The third kappa shape index (κ3) is 2.79. The average molecular weight is 428 g/mol. The number of hydrogen-bond acceptors (Lipinski definition) is 5. The van der Waals surface area contributed by atoms with E-state index in [2.05, 4.69) is 0 Å². The van der Waals surface area contributed by atoms with Gasteiger partial charge in [0.1, 0.15) is 6.04 Å². The summed E-state index contributed by atoms with van der Waals surface area (Å²) in [5.41, 5.74) is 2.45. The maximum atomic E-state index is 13.8. The summed E-state index contributed by atoms with van der Waals surface area (Å²) in [4.78, 5) is 44.3. The van der Waals surface area contributed by atoms with Crippen LogP contribution in [0, 0.1) is 11.8 Å². The van der Waals surface area contributed by atoms with Gasteiger partial charge in [0.25, 0.3) is 0 Å². The van der Waals surface area contributed by atoms with Crippen LogP contribution in [-0.4, -0.2) is 53.8 Å². The summed E-state index contributed by atoms with van der Waals surface area (Å²) in [6.07, 6.45) is 5.67. The Morgan fingerprint density at radius 3 is 2.50 bits per heavy atom. The van der Waals surface area contributed by atoms with Crippen molar-refractivity contribution in [3.63, 3.8) is 0 Å². The van der Waals surface area contributed by atoms with Crippen LogP contribution >= 0.6 is 0 Å². The van der Waals surface area contributed by atoms with E-state index in [0.717, 1.165) is 24.1 Å². The summed E-state index contributed by atoms with van der Waals surface area (Å²) in [6.45, 7) is 0.947. The van der Waals surface area contributed by atoms with Gasteiger partial charge in [-0.2, -0.15) is 0 Å². The number of amides is 2. The number of para-hydroxylation sites is 1. The highest BCUT2D eigenvalue weighted by Crippen LogP contribution is 2.49. The van der Waals surface area contributed by atoms with Crippen molar-refractivity contribution in [2.75, 3.05) is 18.1 Å². The highest BCUT2D eigenvalue weighted by molar-refractivity contribution is 6.14. The molecular formula is C26H24N2O4. The Labute approximate surface area is 186 Å². The van der Waals surface area contributed by atoms with E-state index in [1.807, 2.05) is 59.5 Å². The molecule has 0 N–H and O–H groups in total. The summed E-state index contributed by atoms with van der Waals surface area (Å²) < 4.78 is 5.69. The molecule has 3 saturated heterocycles. The van der Waals surface area contributed by atoms with Gasteiger partial charge < -0.3 is 9.64 Å². The van der Waals surface area contributed by atoms with Gasteiger partial charge in [0, 0.05) is 17.9 Å². The highest BCUT2D eigenvalue weighted by Gasteiger charge is 2.64. The Morgan fingerprint density at radius 2 is 1.72 bits per heavy atom. The first-order valence-electron chi connectivity index (χ1n) is 11.3. The molecule has 4 aliphatic heterocycles. The number of imide groups is 1. The molecule has 4 heterocycles. The number of fused-ring (bicyclic) bond motifs is 5. The lowest BCUT2D eigenvalue weighted by Gasteiger charge is -2.36. The molecule has 0 aliphatic carbocycles. The third-order valence-electron chi connectivity index (χ3n) is 7.24. The average Bonchev–Trinajstić information content (AvgIpc) is 3.52. The monoisotopic (exact) mass is 428 g/mol. The van der Waals surface area contributed by atoms with Crippen molar-refractivity contribution in [3.8, 4) is 0 Å². The zero-order chi connectivity index (χ0) is 21.8. The van der Waals surface area contributed by atoms with Crippen LogP contribution in [0.1, 0.15) is 28.8 Å². The van der Waals surface area contributed by atoms with Gasteiger partial charge in [-0.05, 0) is 24.5 Å². The van der Waals surface area contributed by atoms with E-state index in [4.69, 9.17) is 4.74 Å². The number of hydrogen-bond donors (Lipinski definition) is 0. The van der Waals surface area contributed by atoms with Crippen molar-refractivity contribution in [1.29, 1.82) is 0 Å². The molecule has 0 unspecified atom stereocenters. The Kier molecular flexibility index (Phi) is 4.50. The van der Waals surface area contributed by atoms with Crippen LogP contribution in [0.3, 0.4) is 0 Å². The number of ketones is 1. The first-order valence-corrected chi connectivity index (χ1v) is 11.3. The lowest BCUT2D eigenvalue weighted by atomic mass is 9.86. The van der Waals surface area contributed by atoms with Crippen molar-refractivity contribution in [2.45, 2.75) is 31.0 Å². The fourth-order valence-electron chi connectivity index (χ4n) is 5.82. The predicted molar refractivity (Wildman–Crippen MR) is 119 cm³/mol. The fraction of sp³-hybridized carbons (Fsp3) is 0.346. The van der Waals surface area contributed by atoms with Gasteiger partial charge in [0.15, 0.2) is 5.78 Å². The Morgan fingerprint density at radius 1 is 0.969 bits per heavy atom. The standard InChI is InChI=1S/C26H24N2O4/c29-24(17-8-2-1-3-9-17)23-22-21(20-13-12-16-7-4-5-11-19(16)28(20)23)25(30)27(26(22)31)15-18-10-6-14-32-18/h1-5,7-9,11-13,18,20-23H,6,10,14-15H2/t18-,20-,21+,22+,23-/m0/s1. The number of anilines is 1. The molecule has 0 aromatic heterocycles. The molecule has 2 amide bonds. The van der Waals surface area contributed by atoms with E-state index >= 15 is 0 Å². The van der Waals surface area contributed by atoms with Crippen molar-refractivity contribution in [1.82, 2.24) is 4.90 Å². The quantitative estimate of drug-likeness (QED) is 0.553. The molecule has 0 saturated carbocycles. The number of likely N-dealkylation sites (tertiary alicyclic amines) is 1. The van der Waals surface area contributed by atoms with Gasteiger partial charge in [-0.1, -0.05) is 60.7 Å². The SMILES string of the molecule is O=C(c1ccccc1)[C@@H]1[C@@H]2C(=O)N(C[C@@H]3CCCO3)C(=O)[C@@H]2[C@@H]2C=Cc3ccccc3N12. The summed E-state index contributed by atoms with van der Waals surface area (Å²) in [5.74, 6) is -1.81. The number of nitrogens with zero attached hydrogens (tertiary/aromatic N) is 2. The number of Topliss-reactive ketones (excluding diaryl/α,β-unsaturated/α-hetero) is 1. The second-order valence-corrected chi connectivity index (χ2v) is 8.96. The van der Waals surface area contributed by atoms with Crippen LogP contribution < -0.4 is 4.90 Å². The van der Waals surface area contributed by atoms with Gasteiger partial charge in [-0.25, -0.2) is 0 Å². The Balaban J connectivity index is 1.43. The molecule has 162 valence electrons. The lowest BCUT2D eigenvalue weighted by molar-refractivity contribution is -0.142. The minimum Gasteiger partial charge on any atom is -0.376 e. The van der Waals surface area contributed by atoms with Crippen LogP contribution in [0.2, 0.25) is 0 Å². The second-order valence-electron chi connectivity index (χ2n) is 8.96. The van der Waals surface area contributed by atoms with E-state index in [9.17, 15) is 14.4 Å². The van der Waals surface area contributed by atoms with Crippen LogP contribution in [0.25, 0.3) is 6.08 Å². The molecule has 6 heteroatoms. The van der Waals surface area contributed by atoms with Crippen molar-refractivity contribution in [3.05, 3.63) is 71.8 Å². The summed E-state index contributed by atoms with van der Waals surface area (Å²) in [5, 5.41) is 0. The van der Waals surface area contributed by atoms with Crippen molar-refractivity contribution < 1.29 is 19.1 Å². The third-order valence-corrected chi connectivity index (χ3v) is 7.24. The molecule has 2 aromatic rings.